The van der Waals surface area contributed by atoms with Crippen LogP contribution in [0.5, 0.6) is 5.75 Å². The lowest BCUT2D eigenvalue weighted by Crippen LogP contribution is -2.41. The number of carbonyl (C=O) groups excluding carboxylic acids is 1. The van der Waals surface area contributed by atoms with E-state index in [4.69, 9.17) is 16.3 Å². The molecule has 1 aliphatic rings. The van der Waals surface area contributed by atoms with Gasteiger partial charge in [0, 0.05) is 33.6 Å². The number of hydrogen-bond donors (Lipinski definition) is 1. The highest BCUT2D eigenvalue weighted by Gasteiger charge is 2.27. The molecule has 132 valence electrons. The van der Waals surface area contributed by atoms with E-state index in [2.05, 4.69) is 15.2 Å². The van der Waals surface area contributed by atoms with Crippen LogP contribution in [0, 0.1) is 0 Å². The summed E-state index contributed by atoms with van der Waals surface area (Å²) in [6.07, 6.45) is 0.940. The topological polar surface area (TPSA) is 57.2 Å². The number of amides is 1. The molecule has 0 radical (unpaired) electrons. The molecule has 24 heavy (non-hydrogen) atoms. The third-order valence-corrected chi connectivity index (χ3v) is 4.08. The second kappa shape index (κ2) is 8.78. The Morgan fingerprint density at radius 2 is 2.21 bits per heavy atom. The quantitative estimate of drug-likeness (QED) is 0.649. The number of nitrogens with one attached hydrogen (secondary N) is 1. The van der Waals surface area contributed by atoms with Crippen LogP contribution < -0.4 is 10.1 Å². The number of hydrogen-bond acceptors (Lipinski definition) is 3. The third kappa shape index (κ3) is 5.03. The number of carbonyl (C=O) groups is 1. The van der Waals surface area contributed by atoms with Gasteiger partial charge in [0.25, 0.3) is 0 Å². The fourth-order valence-electron chi connectivity index (χ4n) is 2.45. The third-order valence-electron chi connectivity index (χ3n) is 3.77. The zero-order valence-electron chi connectivity index (χ0n) is 14.5. The Balaban J connectivity index is 1.97. The monoisotopic (exact) mass is 352 g/mol. The molecule has 6 nitrogen and oxygen atoms in total. The number of likely N-dealkylation sites (tertiary alicyclic amines) is 1. The second-order valence-electron chi connectivity index (χ2n) is 5.86. The molecule has 0 spiro atoms. The minimum atomic E-state index is -0.0199. The SMILES string of the molecule is CCNC(=NCC(=O)N(C)C)N1CCC(Oc2ccccc2Cl)C1. The smallest absolute Gasteiger partial charge is 0.243 e. The van der Waals surface area contributed by atoms with Crippen molar-refractivity contribution < 1.29 is 9.53 Å². The Morgan fingerprint density at radius 1 is 1.46 bits per heavy atom. The number of halogens is 1. The van der Waals surface area contributed by atoms with E-state index >= 15 is 0 Å². The summed E-state index contributed by atoms with van der Waals surface area (Å²) in [5, 5.41) is 3.86. The predicted molar refractivity (Wildman–Crippen MR) is 96.7 cm³/mol. The van der Waals surface area contributed by atoms with E-state index in [1.54, 1.807) is 19.0 Å². The Morgan fingerprint density at radius 3 is 2.88 bits per heavy atom. The Kier molecular flexibility index (Phi) is 6.73. The normalized spacial score (nSPS) is 17.8. The maximum Gasteiger partial charge on any atom is 0.243 e. The van der Waals surface area contributed by atoms with Gasteiger partial charge in [0.2, 0.25) is 5.91 Å². The minimum absolute atomic E-state index is 0.0199. The molecule has 0 saturated carbocycles. The van der Waals surface area contributed by atoms with E-state index in [1.807, 2.05) is 31.2 Å². The number of likely N-dealkylation sites (N-methyl/N-ethyl adjacent to an activating group) is 1. The van der Waals surface area contributed by atoms with Gasteiger partial charge in [0.1, 0.15) is 18.4 Å². The number of nitrogens with zero attached hydrogens (tertiary/aromatic N) is 3. The first-order valence-electron chi connectivity index (χ1n) is 8.15. The molecular formula is C17H25ClN4O2. The maximum absolute atomic E-state index is 11.7. The zero-order chi connectivity index (χ0) is 17.5. The van der Waals surface area contributed by atoms with Gasteiger partial charge in [-0.3, -0.25) is 4.79 Å². The molecule has 1 aromatic rings. The molecule has 1 fully saturated rings. The molecule has 1 aliphatic heterocycles. The van der Waals surface area contributed by atoms with Crippen LogP contribution in [0.15, 0.2) is 29.3 Å². The number of aliphatic imine (C=N–C) groups is 1. The van der Waals surface area contributed by atoms with Gasteiger partial charge in [-0.15, -0.1) is 0 Å². The molecule has 2 rings (SSSR count). The first kappa shape index (κ1) is 18.4. The van der Waals surface area contributed by atoms with Crippen molar-refractivity contribution in [3.05, 3.63) is 29.3 Å². The van der Waals surface area contributed by atoms with Gasteiger partial charge in [0.05, 0.1) is 11.6 Å². The lowest BCUT2D eigenvalue weighted by Gasteiger charge is -2.22. The Hall–Kier alpha value is -1.95. The summed E-state index contributed by atoms with van der Waals surface area (Å²) in [5.41, 5.74) is 0. The summed E-state index contributed by atoms with van der Waals surface area (Å²) in [5.74, 6) is 1.43. The molecule has 1 amide bonds. The molecule has 7 heteroatoms. The van der Waals surface area contributed by atoms with Crippen molar-refractivity contribution in [3.63, 3.8) is 0 Å². The highest BCUT2D eigenvalue weighted by molar-refractivity contribution is 6.32. The van der Waals surface area contributed by atoms with Gasteiger partial charge in [-0.05, 0) is 19.1 Å². The van der Waals surface area contributed by atoms with Gasteiger partial charge in [0.15, 0.2) is 5.96 Å². The maximum atomic E-state index is 11.7. The van der Waals surface area contributed by atoms with Gasteiger partial charge >= 0.3 is 0 Å². The van der Waals surface area contributed by atoms with Crippen molar-refractivity contribution in [2.45, 2.75) is 19.4 Å². The van der Waals surface area contributed by atoms with Crippen molar-refractivity contribution in [1.29, 1.82) is 0 Å². The summed E-state index contributed by atoms with van der Waals surface area (Å²) in [6.45, 7) is 4.45. The van der Waals surface area contributed by atoms with Crippen LogP contribution >= 0.6 is 11.6 Å². The fourth-order valence-corrected chi connectivity index (χ4v) is 2.63. The van der Waals surface area contributed by atoms with Gasteiger partial charge < -0.3 is 19.9 Å². The molecule has 1 aromatic carbocycles. The molecule has 1 saturated heterocycles. The van der Waals surface area contributed by atoms with Gasteiger partial charge in [-0.25, -0.2) is 4.99 Å². The van der Waals surface area contributed by atoms with E-state index in [-0.39, 0.29) is 18.6 Å². The first-order valence-corrected chi connectivity index (χ1v) is 8.53. The van der Waals surface area contributed by atoms with E-state index in [9.17, 15) is 4.79 Å². The molecule has 1 unspecified atom stereocenters. The zero-order valence-corrected chi connectivity index (χ0v) is 15.2. The van der Waals surface area contributed by atoms with Crippen molar-refractivity contribution in [2.75, 3.05) is 40.3 Å². The first-order chi connectivity index (χ1) is 11.5. The van der Waals surface area contributed by atoms with E-state index < -0.39 is 0 Å². The average molecular weight is 353 g/mol. The molecule has 1 atom stereocenters. The predicted octanol–water partition coefficient (Wildman–Crippen LogP) is 1.85. The van der Waals surface area contributed by atoms with Gasteiger partial charge in [-0.1, -0.05) is 23.7 Å². The van der Waals surface area contributed by atoms with Crippen LogP contribution in [-0.4, -0.2) is 68.0 Å². The molecule has 0 bridgehead atoms. The van der Waals surface area contributed by atoms with Gasteiger partial charge in [-0.2, -0.15) is 0 Å². The van der Waals surface area contributed by atoms with Crippen molar-refractivity contribution in [3.8, 4) is 5.75 Å². The number of benzene rings is 1. The second-order valence-corrected chi connectivity index (χ2v) is 6.27. The summed E-state index contributed by atoms with van der Waals surface area (Å²) < 4.78 is 6.00. The van der Waals surface area contributed by atoms with Crippen LogP contribution in [0.2, 0.25) is 5.02 Å². The molecule has 0 aliphatic carbocycles. The fraction of sp³-hybridized carbons (Fsp3) is 0.529. The lowest BCUT2D eigenvalue weighted by molar-refractivity contribution is -0.127. The largest absolute Gasteiger partial charge is 0.487 e. The van der Waals surface area contributed by atoms with Crippen LogP contribution in [0.25, 0.3) is 0 Å². The highest BCUT2D eigenvalue weighted by atomic mass is 35.5. The molecule has 1 heterocycles. The van der Waals surface area contributed by atoms with E-state index in [0.29, 0.717) is 17.3 Å². The molecular weight excluding hydrogens is 328 g/mol. The standard InChI is InChI=1S/C17H25ClN4O2/c1-4-19-17(20-11-16(23)21(2)3)22-10-9-13(12-22)24-15-8-6-5-7-14(15)18/h5-8,13H,4,9-12H2,1-3H3,(H,19,20). The summed E-state index contributed by atoms with van der Waals surface area (Å²) in [4.78, 5) is 19.8. The van der Waals surface area contributed by atoms with Crippen LogP contribution in [-0.2, 0) is 4.79 Å². The summed E-state index contributed by atoms with van der Waals surface area (Å²) >= 11 is 6.15. The number of ether oxygens (including phenoxy) is 1. The number of rotatable bonds is 5. The summed E-state index contributed by atoms with van der Waals surface area (Å²) in [6, 6.07) is 7.49. The highest BCUT2D eigenvalue weighted by Crippen LogP contribution is 2.26. The van der Waals surface area contributed by atoms with Crippen LogP contribution in [0.1, 0.15) is 13.3 Å². The van der Waals surface area contributed by atoms with E-state index in [0.717, 1.165) is 25.5 Å². The van der Waals surface area contributed by atoms with E-state index in [1.165, 1.54) is 0 Å². The van der Waals surface area contributed by atoms with Crippen molar-refractivity contribution in [1.82, 2.24) is 15.1 Å². The Bertz CT molecular complexity index is 592. The lowest BCUT2D eigenvalue weighted by atomic mass is 10.3. The molecule has 0 aromatic heterocycles. The molecule has 1 N–H and O–H groups in total. The minimum Gasteiger partial charge on any atom is -0.487 e. The van der Waals surface area contributed by atoms with Crippen molar-refractivity contribution in [2.24, 2.45) is 4.99 Å². The van der Waals surface area contributed by atoms with Crippen LogP contribution in [0.4, 0.5) is 0 Å². The number of guanidine groups is 1. The summed E-state index contributed by atoms with van der Waals surface area (Å²) in [7, 11) is 3.46. The van der Waals surface area contributed by atoms with Crippen LogP contribution in [0.3, 0.4) is 0 Å². The average Bonchev–Trinajstić information content (AvgIpc) is 3.01. The van der Waals surface area contributed by atoms with Crippen molar-refractivity contribution >= 4 is 23.5 Å². The number of para-hydroxylation sites is 1. The Labute approximate surface area is 148 Å².